The summed E-state index contributed by atoms with van der Waals surface area (Å²) in [4.78, 5) is 27.1. The Morgan fingerprint density at radius 2 is 1.78 bits per heavy atom. The predicted molar refractivity (Wildman–Crippen MR) is 90.1 cm³/mol. The molecular formula is C15H19Cl2N3O3. The van der Waals surface area contributed by atoms with Crippen LogP contribution in [0.15, 0.2) is 18.2 Å². The first kappa shape index (κ1) is 17.7. The fourth-order valence-electron chi connectivity index (χ4n) is 2.25. The van der Waals surface area contributed by atoms with Crippen molar-refractivity contribution >= 4 is 40.9 Å². The summed E-state index contributed by atoms with van der Waals surface area (Å²) in [6, 6.07) is 5.12. The van der Waals surface area contributed by atoms with Crippen LogP contribution in [0, 0.1) is 0 Å². The van der Waals surface area contributed by atoms with Crippen LogP contribution in [0.4, 0.5) is 10.5 Å². The molecule has 0 spiro atoms. The molecule has 23 heavy (non-hydrogen) atoms. The molecule has 1 saturated heterocycles. The van der Waals surface area contributed by atoms with Crippen LogP contribution >= 0.6 is 23.2 Å². The number of piperazine rings is 1. The zero-order chi connectivity index (χ0) is 16.8. The van der Waals surface area contributed by atoms with Crippen LogP contribution in [0.25, 0.3) is 0 Å². The maximum atomic E-state index is 12.2. The SMILES string of the molecule is CCOC(=O)N1CCN(C(=O)CNc2ccc(Cl)c(Cl)c2)CC1. The topological polar surface area (TPSA) is 61.9 Å². The Kier molecular flexibility index (Phi) is 6.36. The van der Waals surface area contributed by atoms with Gasteiger partial charge in [0.2, 0.25) is 5.91 Å². The second-order valence-corrected chi connectivity index (χ2v) is 5.86. The summed E-state index contributed by atoms with van der Waals surface area (Å²) in [5.74, 6) is -0.0282. The number of nitrogens with zero attached hydrogens (tertiary/aromatic N) is 2. The van der Waals surface area contributed by atoms with Gasteiger partial charge in [-0.15, -0.1) is 0 Å². The van der Waals surface area contributed by atoms with Crippen LogP contribution in [0.1, 0.15) is 6.92 Å². The summed E-state index contributed by atoms with van der Waals surface area (Å²) in [6.07, 6.45) is -0.325. The third kappa shape index (κ3) is 4.91. The van der Waals surface area contributed by atoms with Gasteiger partial charge >= 0.3 is 6.09 Å². The van der Waals surface area contributed by atoms with Gasteiger partial charge in [-0.25, -0.2) is 4.79 Å². The second kappa shape index (κ2) is 8.26. The Morgan fingerprint density at radius 3 is 2.39 bits per heavy atom. The van der Waals surface area contributed by atoms with Crippen LogP contribution in [0.3, 0.4) is 0 Å². The van der Waals surface area contributed by atoms with Gasteiger partial charge in [-0.05, 0) is 25.1 Å². The summed E-state index contributed by atoms with van der Waals surface area (Å²) in [5.41, 5.74) is 0.734. The molecule has 0 aliphatic carbocycles. The Morgan fingerprint density at radius 1 is 1.13 bits per heavy atom. The van der Waals surface area contributed by atoms with E-state index in [0.717, 1.165) is 5.69 Å². The molecule has 1 N–H and O–H groups in total. The lowest BCUT2D eigenvalue weighted by Gasteiger charge is -2.34. The molecule has 0 radical (unpaired) electrons. The zero-order valence-electron chi connectivity index (χ0n) is 12.8. The van der Waals surface area contributed by atoms with E-state index < -0.39 is 0 Å². The number of anilines is 1. The lowest BCUT2D eigenvalue weighted by atomic mass is 10.3. The van der Waals surface area contributed by atoms with Gasteiger partial charge in [-0.2, -0.15) is 0 Å². The fourth-order valence-corrected chi connectivity index (χ4v) is 2.55. The fraction of sp³-hybridized carbons (Fsp3) is 0.467. The van der Waals surface area contributed by atoms with Crippen molar-refractivity contribution in [3.63, 3.8) is 0 Å². The number of carbonyl (C=O) groups excluding carboxylic acids is 2. The van der Waals surface area contributed by atoms with Gasteiger partial charge in [0.15, 0.2) is 0 Å². The molecule has 0 atom stereocenters. The van der Waals surface area contributed by atoms with Crippen LogP contribution < -0.4 is 5.32 Å². The van der Waals surface area contributed by atoms with Gasteiger partial charge in [0, 0.05) is 31.9 Å². The van der Waals surface area contributed by atoms with E-state index in [1.807, 2.05) is 0 Å². The number of rotatable bonds is 4. The van der Waals surface area contributed by atoms with E-state index >= 15 is 0 Å². The van der Waals surface area contributed by atoms with Gasteiger partial charge < -0.3 is 19.9 Å². The summed E-state index contributed by atoms with van der Waals surface area (Å²) in [6.45, 7) is 4.26. The van der Waals surface area contributed by atoms with Crippen LogP contribution in [0.5, 0.6) is 0 Å². The number of hydrogen-bond donors (Lipinski definition) is 1. The molecule has 1 aromatic rings. The van der Waals surface area contributed by atoms with E-state index in [9.17, 15) is 9.59 Å². The first-order valence-corrected chi connectivity index (χ1v) is 8.15. The minimum Gasteiger partial charge on any atom is -0.450 e. The molecule has 1 heterocycles. The number of halogens is 2. The molecule has 0 aromatic heterocycles. The van der Waals surface area contributed by atoms with Crippen molar-refractivity contribution in [1.82, 2.24) is 9.80 Å². The standard InChI is InChI=1S/C15H19Cl2N3O3/c1-2-23-15(22)20-7-5-19(6-8-20)14(21)10-18-11-3-4-12(16)13(17)9-11/h3-4,9,18H,2,5-8,10H2,1H3. The molecule has 1 aliphatic rings. The first-order valence-electron chi connectivity index (χ1n) is 7.39. The molecule has 2 rings (SSSR count). The highest BCUT2D eigenvalue weighted by Crippen LogP contribution is 2.24. The molecule has 8 heteroatoms. The highest BCUT2D eigenvalue weighted by molar-refractivity contribution is 6.42. The minimum atomic E-state index is -0.325. The minimum absolute atomic E-state index is 0.0282. The van der Waals surface area contributed by atoms with E-state index in [2.05, 4.69) is 5.32 Å². The number of hydrogen-bond acceptors (Lipinski definition) is 4. The van der Waals surface area contributed by atoms with Crippen molar-refractivity contribution < 1.29 is 14.3 Å². The maximum Gasteiger partial charge on any atom is 0.409 e. The van der Waals surface area contributed by atoms with E-state index in [-0.39, 0.29) is 18.5 Å². The number of nitrogens with one attached hydrogen (secondary N) is 1. The molecule has 0 saturated carbocycles. The van der Waals surface area contributed by atoms with Crippen molar-refractivity contribution in [3.05, 3.63) is 28.2 Å². The van der Waals surface area contributed by atoms with Gasteiger partial charge in [-0.1, -0.05) is 23.2 Å². The first-order chi connectivity index (χ1) is 11.0. The quantitative estimate of drug-likeness (QED) is 0.897. The number of amides is 2. The van der Waals surface area contributed by atoms with Crippen LogP contribution in [0.2, 0.25) is 10.0 Å². The zero-order valence-corrected chi connectivity index (χ0v) is 14.4. The third-order valence-electron chi connectivity index (χ3n) is 3.52. The maximum absolute atomic E-state index is 12.2. The lowest BCUT2D eigenvalue weighted by Crippen LogP contribution is -2.51. The molecule has 6 nitrogen and oxygen atoms in total. The summed E-state index contributed by atoms with van der Waals surface area (Å²) in [5, 5.41) is 3.93. The van der Waals surface area contributed by atoms with E-state index in [1.165, 1.54) is 0 Å². The Bertz CT molecular complexity index is 575. The molecule has 1 fully saturated rings. The normalized spacial score (nSPS) is 14.6. The Balaban J connectivity index is 1.79. The van der Waals surface area contributed by atoms with Gasteiger partial charge in [0.25, 0.3) is 0 Å². The Hall–Kier alpha value is -1.66. The number of benzene rings is 1. The highest BCUT2D eigenvalue weighted by atomic mass is 35.5. The van der Waals surface area contributed by atoms with Gasteiger partial charge in [-0.3, -0.25) is 4.79 Å². The second-order valence-electron chi connectivity index (χ2n) is 5.05. The highest BCUT2D eigenvalue weighted by Gasteiger charge is 2.24. The monoisotopic (exact) mass is 359 g/mol. The van der Waals surface area contributed by atoms with Crippen molar-refractivity contribution in [3.8, 4) is 0 Å². The molecule has 1 aromatic carbocycles. The third-order valence-corrected chi connectivity index (χ3v) is 4.26. The largest absolute Gasteiger partial charge is 0.450 e. The summed E-state index contributed by atoms with van der Waals surface area (Å²) < 4.78 is 4.95. The molecule has 2 amide bonds. The average molecular weight is 360 g/mol. The van der Waals surface area contributed by atoms with Crippen molar-refractivity contribution in [2.75, 3.05) is 44.6 Å². The molecule has 1 aliphatic heterocycles. The van der Waals surface area contributed by atoms with E-state index in [1.54, 1.807) is 34.9 Å². The molecule has 0 bridgehead atoms. The molecular weight excluding hydrogens is 341 g/mol. The lowest BCUT2D eigenvalue weighted by molar-refractivity contribution is -0.130. The smallest absolute Gasteiger partial charge is 0.409 e. The van der Waals surface area contributed by atoms with Crippen molar-refractivity contribution in [2.24, 2.45) is 0 Å². The molecule has 0 unspecified atom stereocenters. The Labute approximate surface area is 145 Å². The summed E-state index contributed by atoms with van der Waals surface area (Å²) >= 11 is 11.8. The van der Waals surface area contributed by atoms with Crippen molar-refractivity contribution in [2.45, 2.75) is 6.92 Å². The van der Waals surface area contributed by atoms with Gasteiger partial charge in [0.1, 0.15) is 0 Å². The van der Waals surface area contributed by atoms with Crippen LogP contribution in [-0.4, -0.2) is 61.1 Å². The number of ether oxygens (including phenoxy) is 1. The number of carbonyl (C=O) groups is 2. The average Bonchev–Trinajstić information content (AvgIpc) is 2.56. The van der Waals surface area contributed by atoms with Crippen LogP contribution in [-0.2, 0) is 9.53 Å². The summed E-state index contributed by atoms with van der Waals surface area (Å²) in [7, 11) is 0. The van der Waals surface area contributed by atoms with Crippen molar-refractivity contribution in [1.29, 1.82) is 0 Å². The van der Waals surface area contributed by atoms with E-state index in [4.69, 9.17) is 27.9 Å². The van der Waals surface area contributed by atoms with E-state index in [0.29, 0.717) is 42.8 Å². The molecule has 126 valence electrons. The van der Waals surface area contributed by atoms with Gasteiger partial charge in [0.05, 0.1) is 23.2 Å². The predicted octanol–water partition coefficient (Wildman–Crippen LogP) is 2.71.